The largest absolute Gasteiger partial charge is 0.381 e. The fourth-order valence-electron chi connectivity index (χ4n) is 9.19. The van der Waals surface area contributed by atoms with Gasteiger partial charge in [0, 0.05) is 48.5 Å². The molecule has 0 spiro atoms. The van der Waals surface area contributed by atoms with Gasteiger partial charge in [-0.05, 0) is 141 Å². The molecule has 0 radical (unpaired) electrons. The molecular weight excluding hydrogens is 681 g/mol. The zero-order valence-corrected chi connectivity index (χ0v) is 34.6. The average Bonchev–Trinajstić information content (AvgIpc) is 3.89. The van der Waals surface area contributed by atoms with Gasteiger partial charge in [0.2, 0.25) is 0 Å². The summed E-state index contributed by atoms with van der Waals surface area (Å²) in [6, 6.07) is 13.8. The average molecular weight is 735 g/mol. The van der Waals surface area contributed by atoms with Crippen molar-refractivity contribution >= 4 is 33.4 Å². The highest BCUT2D eigenvalue weighted by atomic mass is 16.5. The van der Waals surface area contributed by atoms with E-state index in [0.717, 1.165) is 80.1 Å². The third kappa shape index (κ3) is 6.04. The second-order valence-corrected chi connectivity index (χ2v) is 16.1. The Kier molecular flexibility index (Phi) is 9.19. The summed E-state index contributed by atoms with van der Waals surface area (Å²) in [7, 11) is 0. The molecule has 6 aromatic heterocycles. The molecule has 2 aromatic carbocycles. The fourth-order valence-corrected chi connectivity index (χ4v) is 9.19. The number of rotatable bonds is 10. The third-order valence-corrected chi connectivity index (χ3v) is 11.7. The molecule has 0 aliphatic heterocycles. The Hall–Kier alpha value is -5.28. The second-order valence-electron chi connectivity index (χ2n) is 16.1. The molecule has 0 fully saturated rings. The number of nitrogens with zero attached hydrogens (tertiary/aromatic N) is 8. The smallest absolute Gasteiger partial charge is 0.165 e. The number of fused-ring (bicyclic) bond motifs is 6. The molecule has 0 N–H and O–H groups in total. The Bertz CT molecular complexity index is 2550. The molecule has 9 nitrogen and oxygen atoms in total. The molecule has 0 aliphatic carbocycles. The topological polar surface area (TPSA) is 79.5 Å². The molecule has 2 unspecified atom stereocenters. The van der Waals surface area contributed by atoms with Crippen molar-refractivity contribution in [3.8, 4) is 22.3 Å². The molecule has 0 aliphatic rings. The Morgan fingerprint density at radius 3 is 1.24 bits per heavy atom. The van der Waals surface area contributed by atoms with Crippen molar-refractivity contribution in [3.63, 3.8) is 0 Å². The van der Waals surface area contributed by atoms with Gasteiger partial charge in [-0.2, -0.15) is 19.2 Å². The predicted molar refractivity (Wildman–Crippen MR) is 225 cm³/mol. The Balaban J connectivity index is 1.00. The maximum Gasteiger partial charge on any atom is 0.165 e. The molecule has 9 heteroatoms. The van der Waals surface area contributed by atoms with E-state index in [9.17, 15) is 0 Å². The van der Waals surface area contributed by atoms with Gasteiger partial charge >= 0.3 is 0 Å². The number of aryl methyl sites for hydroxylation is 10. The number of hydrogen-bond acceptors (Lipinski definition) is 5. The van der Waals surface area contributed by atoms with E-state index in [1.165, 1.54) is 44.5 Å². The van der Waals surface area contributed by atoms with Gasteiger partial charge < -0.3 is 13.9 Å². The Labute approximate surface area is 324 Å². The molecule has 6 heterocycles. The molecule has 284 valence electrons. The normalized spacial score (nSPS) is 13.3. The van der Waals surface area contributed by atoms with Gasteiger partial charge in [0.1, 0.15) is 11.3 Å². The Morgan fingerprint density at radius 1 is 0.509 bits per heavy atom. The van der Waals surface area contributed by atoms with Crippen LogP contribution in [0.1, 0.15) is 94.9 Å². The molecular formula is C46H54N8O. The van der Waals surface area contributed by atoms with Gasteiger partial charge in [0.15, 0.2) is 11.3 Å². The Morgan fingerprint density at radius 2 is 0.873 bits per heavy atom. The first-order valence-corrected chi connectivity index (χ1v) is 19.7. The van der Waals surface area contributed by atoms with Gasteiger partial charge in [-0.15, -0.1) is 0 Å². The molecule has 0 bridgehead atoms. The second kappa shape index (κ2) is 13.8. The van der Waals surface area contributed by atoms with Crippen molar-refractivity contribution in [2.75, 3.05) is 13.2 Å². The van der Waals surface area contributed by atoms with Crippen LogP contribution in [0.25, 0.3) is 55.6 Å². The monoisotopic (exact) mass is 734 g/mol. The number of hydrogen-bond donors (Lipinski definition) is 0. The summed E-state index contributed by atoms with van der Waals surface area (Å²) in [5, 5.41) is 12.5. The highest BCUT2D eigenvalue weighted by molar-refractivity contribution is 5.91. The minimum atomic E-state index is 0.214. The summed E-state index contributed by atoms with van der Waals surface area (Å²) in [5.74, 6) is 0. The first-order chi connectivity index (χ1) is 26.2. The molecule has 55 heavy (non-hydrogen) atoms. The van der Waals surface area contributed by atoms with Gasteiger partial charge in [0.05, 0.1) is 33.9 Å². The quantitative estimate of drug-likeness (QED) is 0.131. The lowest BCUT2D eigenvalue weighted by Crippen LogP contribution is -2.13. The van der Waals surface area contributed by atoms with Crippen LogP contribution in [0.15, 0.2) is 48.8 Å². The number of ether oxygens (including phenoxy) is 1. The lowest BCUT2D eigenvalue weighted by molar-refractivity contribution is 0.113. The van der Waals surface area contributed by atoms with E-state index in [1.807, 2.05) is 0 Å². The molecule has 2 atom stereocenters. The van der Waals surface area contributed by atoms with Crippen LogP contribution in [0, 0.1) is 69.2 Å². The minimum absolute atomic E-state index is 0.214. The van der Waals surface area contributed by atoms with Crippen LogP contribution in [-0.4, -0.2) is 51.5 Å². The highest BCUT2D eigenvalue weighted by Gasteiger charge is 2.24. The van der Waals surface area contributed by atoms with Gasteiger partial charge in [-0.3, -0.25) is 0 Å². The third-order valence-electron chi connectivity index (χ3n) is 11.7. The molecule has 8 rings (SSSR count). The maximum absolute atomic E-state index is 6.36. The van der Waals surface area contributed by atoms with Crippen molar-refractivity contribution in [3.05, 3.63) is 105 Å². The van der Waals surface area contributed by atoms with Crippen LogP contribution in [0.4, 0.5) is 0 Å². The summed E-state index contributed by atoms with van der Waals surface area (Å²) in [6.45, 7) is 27.4. The summed E-state index contributed by atoms with van der Waals surface area (Å²) < 4.78 is 15.2. The minimum Gasteiger partial charge on any atom is -0.381 e. The summed E-state index contributed by atoms with van der Waals surface area (Å²) in [5.41, 5.74) is 20.3. The van der Waals surface area contributed by atoms with Crippen molar-refractivity contribution < 1.29 is 4.74 Å². The fraction of sp³-hybridized carbons (Fsp3) is 0.391. The van der Waals surface area contributed by atoms with E-state index in [-0.39, 0.29) is 12.1 Å². The van der Waals surface area contributed by atoms with Gasteiger partial charge in [-0.1, -0.05) is 35.4 Å². The molecule has 0 saturated heterocycles. The van der Waals surface area contributed by atoms with E-state index < -0.39 is 0 Å². The zero-order chi connectivity index (χ0) is 39.0. The van der Waals surface area contributed by atoms with E-state index in [0.29, 0.717) is 13.2 Å². The van der Waals surface area contributed by atoms with E-state index in [1.54, 1.807) is 0 Å². The van der Waals surface area contributed by atoms with Crippen LogP contribution in [-0.2, 0) is 4.74 Å². The van der Waals surface area contributed by atoms with Crippen LogP contribution in [0.3, 0.4) is 0 Å². The van der Waals surface area contributed by atoms with Crippen molar-refractivity contribution in [2.45, 2.75) is 108 Å². The van der Waals surface area contributed by atoms with Crippen LogP contribution < -0.4 is 0 Å². The van der Waals surface area contributed by atoms with Crippen molar-refractivity contribution in [1.82, 2.24) is 38.3 Å². The highest BCUT2D eigenvalue weighted by Crippen LogP contribution is 2.38. The van der Waals surface area contributed by atoms with E-state index in [4.69, 9.17) is 24.9 Å². The zero-order valence-electron chi connectivity index (χ0n) is 34.6. The first-order valence-electron chi connectivity index (χ1n) is 19.7. The lowest BCUT2D eigenvalue weighted by atomic mass is 9.94. The predicted octanol–water partition coefficient (Wildman–Crippen LogP) is 10.7. The standard InChI is InChI=1S/C46H54N8O/c1-25-21-27(3)39(28(4)22-25)41-35(11)49-53-43(41)47-33(9)37-13-17-51(45(37)53)31(7)15-19-55-20-16-32(8)52-18-14-38-34(10)48-44-42(36(12)50-54(44)46(38)52)40-29(5)23-26(2)24-30(40)6/h13-14,17-18,21-24,31-32H,15-16,19-20H2,1-12H3. The molecule has 0 saturated carbocycles. The summed E-state index contributed by atoms with van der Waals surface area (Å²) in [4.78, 5) is 10.2. The van der Waals surface area contributed by atoms with E-state index in [2.05, 4.69) is 150 Å². The van der Waals surface area contributed by atoms with Crippen LogP contribution in [0.2, 0.25) is 0 Å². The van der Waals surface area contributed by atoms with E-state index >= 15 is 0 Å². The van der Waals surface area contributed by atoms with Crippen LogP contribution in [0.5, 0.6) is 0 Å². The molecule has 8 aromatic rings. The first kappa shape index (κ1) is 36.7. The maximum atomic E-state index is 6.36. The van der Waals surface area contributed by atoms with Gasteiger partial charge in [0.25, 0.3) is 0 Å². The SMILES string of the molecule is Cc1cc(C)c(-c2c(C)nn3c2nc(C)c2ccn(C(C)CCOCCC(C)n4ccc5c(C)nc6c(-c7c(C)cc(C)cc7C)c(C)nn6c54)c23)c(C)c1. The van der Waals surface area contributed by atoms with Crippen molar-refractivity contribution in [1.29, 1.82) is 0 Å². The number of benzene rings is 2. The summed E-state index contributed by atoms with van der Waals surface area (Å²) >= 11 is 0. The van der Waals surface area contributed by atoms with Crippen LogP contribution >= 0.6 is 0 Å². The molecule has 0 amide bonds. The van der Waals surface area contributed by atoms with Gasteiger partial charge in [-0.25, -0.2) is 9.97 Å². The lowest BCUT2D eigenvalue weighted by Gasteiger charge is -2.18. The van der Waals surface area contributed by atoms with Crippen molar-refractivity contribution in [2.24, 2.45) is 0 Å². The number of aromatic nitrogens is 8. The summed E-state index contributed by atoms with van der Waals surface area (Å²) in [6.07, 6.45) is 6.14.